The van der Waals surface area contributed by atoms with Crippen molar-refractivity contribution >= 4 is 17.3 Å². The Morgan fingerprint density at radius 1 is 1.06 bits per heavy atom. The molecule has 3 aromatic rings. The van der Waals surface area contributed by atoms with E-state index in [0.29, 0.717) is 11.7 Å². The molecular formula is C24H23F3O3S. The summed E-state index contributed by atoms with van der Waals surface area (Å²) < 4.78 is 44.8. The molecule has 0 spiro atoms. The summed E-state index contributed by atoms with van der Waals surface area (Å²) in [6, 6.07) is 13.4. The fourth-order valence-electron chi connectivity index (χ4n) is 3.26. The second kappa shape index (κ2) is 9.14. The second-order valence-corrected chi connectivity index (χ2v) is 8.88. The van der Waals surface area contributed by atoms with Gasteiger partial charge in [0.05, 0.1) is 11.1 Å². The van der Waals surface area contributed by atoms with E-state index < -0.39 is 17.7 Å². The second-order valence-electron chi connectivity index (χ2n) is 7.80. The van der Waals surface area contributed by atoms with Crippen LogP contribution in [0.5, 0.6) is 5.75 Å². The van der Waals surface area contributed by atoms with Crippen molar-refractivity contribution in [1.29, 1.82) is 0 Å². The number of hydrogen-bond acceptors (Lipinski definition) is 3. The van der Waals surface area contributed by atoms with Crippen LogP contribution in [0.4, 0.5) is 13.2 Å². The van der Waals surface area contributed by atoms with Gasteiger partial charge >= 0.3 is 12.1 Å². The lowest BCUT2D eigenvalue weighted by atomic mass is 10.0. The van der Waals surface area contributed by atoms with Gasteiger partial charge in [0, 0.05) is 9.75 Å². The summed E-state index contributed by atoms with van der Waals surface area (Å²) in [5, 5.41) is 9.06. The van der Waals surface area contributed by atoms with Gasteiger partial charge in [-0.3, -0.25) is 0 Å². The first-order valence-electron chi connectivity index (χ1n) is 9.82. The van der Waals surface area contributed by atoms with Crippen LogP contribution in [0, 0.1) is 12.8 Å². The molecular weight excluding hydrogens is 425 g/mol. The van der Waals surface area contributed by atoms with Gasteiger partial charge in [-0.1, -0.05) is 26.0 Å². The highest BCUT2D eigenvalue weighted by atomic mass is 32.1. The van der Waals surface area contributed by atoms with Crippen LogP contribution in [0.25, 0.3) is 10.4 Å². The molecule has 1 atom stereocenters. The van der Waals surface area contributed by atoms with Crippen molar-refractivity contribution in [3.05, 3.63) is 76.2 Å². The fraction of sp³-hybridized carbons (Fsp3) is 0.292. The molecule has 1 unspecified atom stereocenters. The lowest BCUT2D eigenvalue weighted by molar-refractivity contribution is -0.137. The van der Waals surface area contributed by atoms with E-state index in [1.807, 2.05) is 13.0 Å². The number of benzene rings is 2. The topological polar surface area (TPSA) is 46.5 Å². The molecule has 0 bridgehead atoms. The SMILES string of the molecule is Cc1cc(-c2ccc(C(F)(F)F)cc2)sc1C(CC(C)C)Oc1ccc(C(=O)O)cc1. The summed E-state index contributed by atoms with van der Waals surface area (Å²) in [5.74, 6) is -0.0839. The summed E-state index contributed by atoms with van der Waals surface area (Å²) in [7, 11) is 0. The summed E-state index contributed by atoms with van der Waals surface area (Å²) >= 11 is 1.50. The van der Waals surface area contributed by atoms with Crippen LogP contribution in [0.15, 0.2) is 54.6 Å². The van der Waals surface area contributed by atoms with Crippen LogP contribution in [-0.2, 0) is 6.18 Å². The Hall–Kier alpha value is -2.80. The molecule has 2 aromatic carbocycles. The number of rotatable bonds is 7. The third-order valence-electron chi connectivity index (χ3n) is 4.81. The highest BCUT2D eigenvalue weighted by Crippen LogP contribution is 2.40. The van der Waals surface area contributed by atoms with Gasteiger partial charge in [0.1, 0.15) is 11.9 Å². The van der Waals surface area contributed by atoms with Gasteiger partial charge in [0.25, 0.3) is 0 Å². The molecule has 0 aliphatic carbocycles. The minimum absolute atomic E-state index is 0.185. The van der Waals surface area contributed by atoms with Gasteiger partial charge in [-0.05, 0) is 72.9 Å². The number of carbonyl (C=O) groups is 1. The van der Waals surface area contributed by atoms with Crippen molar-refractivity contribution in [2.75, 3.05) is 0 Å². The Morgan fingerprint density at radius 3 is 2.19 bits per heavy atom. The summed E-state index contributed by atoms with van der Waals surface area (Å²) in [4.78, 5) is 12.9. The molecule has 0 radical (unpaired) electrons. The fourth-order valence-corrected chi connectivity index (χ4v) is 4.48. The first-order valence-corrected chi connectivity index (χ1v) is 10.6. The predicted molar refractivity (Wildman–Crippen MR) is 116 cm³/mol. The number of aromatic carboxylic acids is 1. The van der Waals surface area contributed by atoms with E-state index in [1.54, 1.807) is 12.1 Å². The van der Waals surface area contributed by atoms with Gasteiger partial charge in [-0.2, -0.15) is 13.2 Å². The van der Waals surface area contributed by atoms with Crippen molar-refractivity contribution in [3.63, 3.8) is 0 Å². The smallest absolute Gasteiger partial charge is 0.416 e. The molecule has 0 saturated carbocycles. The molecule has 31 heavy (non-hydrogen) atoms. The van der Waals surface area contributed by atoms with Crippen molar-refractivity contribution in [2.24, 2.45) is 5.92 Å². The Kier molecular flexibility index (Phi) is 6.74. The van der Waals surface area contributed by atoms with Crippen molar-refractivity contribution in [2.45, 2.75) is 39.5 Å². The Bertz CT molecular complexity index is 1040. The quantitative estimate of drug-likeness (QED) is 0.405. The minimum Gasteiger partial charge on any atom is -0.485 e. The van der Waals surface area contributed by atoms with Gasteiger partial charge in [0.2, 0.25) is 0 Å². The van der Waals surface area contributed by atoms with Crippen LogP contribution < -0.4 is 4.74 Å². The third kappa shape index (κ3) is 5.67. The van der Waals surface area contributed by atoms with Gasteiger partial charge in [0.15, 0.2) is 0 Å². The molecule has 1 N–H and O–H groups in total. The van der Waals surface area contributed by atoms with Crippen LogP contribution in [0.1, 0.15) is 52.7 Å². The van der Waals surface area contributed by atoms with Crippen molar-refractivity contribution in [3.8, 4) is 16.2 Å². The maximum atomic E-state index is 12.8. The highest BCUT2D eigenvalue weighted by molar-refractivity contribution is 7.15. The lowest BCUT2D eigenvalue weighted by Crippen LogP contribution is -2.10. The van der Waals surface area contributed by atoms with Crippen molar-refractivity contribution < 1.29 is 27.8 Å². The highest BCUT2D eigenvalue weighted by Gasteiger charge is 2.30. The summed E-state index contributed by atoms with van der Waals surface area (Å²) in [6.45, 7) is 6.14. The largest absolute Gasteiger partial charge is 0.485 e. The molecule has 0 saturated heterocycles. The number of halogens is 3. The van der Waals surface area contributed by atoms with Gasteiger partial charge in [-0.25, -0.2) is 4.79 Å². The molecule has 0 fully saturated rings. The lowest BCUT2D eigenvalue weighted by Gasteiger charge is -2.21. The molecule has 3 nitrogen and oxygen atoms in total. The number of aryl methyl sites for hydroxylation is 1. The monoisotopic (exact) mass is 448 g/mol. The Balaban J connectivity index is 1.88. The van der Waals surface area contributed by atoms with E-state index in [0.717, 1.165) is 39.4 Å². The number of carboxylic acid groups (broad SMARTS) is 1. The summed E-state index contributed by atoms with van der Waals surface area (Å²) in [5.41, 5.74) is 1.24. The first-order chi connectivity index (χ1) is 14.5. The van der Waals surface area contributed by atoms with E-state index >= 15 is 0 Å². The molecule has 0 amide bonds. The maximum absolute atomic E-state index is 12.8. The average molecular weight is 449 g/mol. The van der Waals surface area contributed by atoms with Crippen LogP contribution in [-0.4, -0.2) is 11.1 Å². The van der Waals surface area contributed by atoms with E-state index in [9.17, 15) is 18.0 Å². The third-order valence-corrected chi connectivity index (χ3v) is 6.19. The molecule has 0 aliphatic heterocycles. The Morgan fingerprint density at radius 2 is 1.68 bits per heavy atom. The molecule has 1 heterocycles. The molecule has 7 heteroatoms. The van der Waals surface area contributed by atoms with Crippen LogP contribution in [0.2, 0.25) is 0 Å². The summed E-state index contributed by atoms with van der Waals surface area (Å²) in [6.07, 6.45) is -3.86. The van der Waals surface area contributed by atoms with E-state index in [1.165, 1.54) is 35.6 Å². The van der Waals surface area contributed by atoms with E-state index in [2.05, 4.69) is 13.8 Å². The average Bonchev–Trinajstić information content (AvgIpc) is 3.08. The molecule has 1 aromatic heterocycles. The number of hydrogen-bond donors (Lipinski definition) is 1. The number of carboxylic acids is 1. The standard InChI is InChI=1S/C24H23F3O3S/c1-14(2)12-20(30-19-10-6-17(7-11-19)23(28)29)22-15(3)13-21(31-22)16-4-8-18(9-5-16)24(25,26)27/h4-11,13-14,20H,12H2,1-3H3,(H,28,29). The molecule has 164 valence electrons. The van der Waals surface area contributed by atoms with Crippen molar-refractivity contribution in [1.82, 2.24) is 0 Å². The Labute approximate surface area is 183 Å². The number of alkyl halides is 3. The number of thiophene rings is 1. The maximum Gasteiger partial charge on any atom is 0.416 e. The van der Waals surface area contributed by atoms with E-state index in [-0.39, 0.29) is 11.7 Å². The normalized spacial score (nSPS) is 12.7. The van der Waals surface area contributed by atoms with E-state index in [4.69, 9.17) is 9.84 Å². The minimum atomic E-state index is -4.36. The van der Waals surface area contributed by atoms with Gasteiger partial charge in [-0.15, -0.1) is 11.3 Å². The molecule has 3 rings (SSSR count). The van der Waals surface area contributed by atoms with Crippen LogP contribution >= 0.6 is 11.3 Å². The first kappa shape index (κ1) is 22.9. The zero-order chi connectivity index (χ0) is 22.8. The number of ether oxygens (including phenoxy) is 1. The van der Waals surface area contributed by atoms with Gasteiger partial charge < -0.3 is 9.84 Å². The predicted octanol–water partition coefficient (Wildman–Crippen LogP) is 7.61. The zero-order valence-corrected chi connectivity index (χ0v) is 18.2. The zero-order valence-electron chi connectivity index (χ0n) is 17.4. The molecule has 0 aliphatic rings. The van der Waals surface area contributed by atoms with Crippen LogP contribution in [0.3, 0.4) is 0 Å².